The zero-order chi connectivity index (χ0) is 21.2. The number of benzene rings is 1. The number of nitrogens with one attached hydrogen (secondary N) is 1. The number of alkyl halides is 3. The number of hydrogen-bond acceptors (Lipinski definition) is 6. The normalized spacial score (nSPS) is 21.2. The monoisotopic (exact) mass is 478 g/mol. The first-order valence-corrected chi connectivity index (χ1v) is 10.7. The van der Waals surface area contributed by atoms with Crippen molar-refractivity contribution >= 4 is 64.3 Å². The van der Waals surface area contributed by atoms with E-state index >= 15 is 0 Å². The van der Waals surface area contributed by atoms with Gasteiger partial charge in [-0.1, -0.05) is 53.0 Å². The van der Waals surface area contributed by atoms with Gasteiger partial charge in [-0.05, 0) is 24.6 Å². The third-order valence-corrected chi connectivity index (χ3v) is 5.90. The van der Waals surface area contributed by atoms with Crippen molar-refractivity contribution in [1.82, 2.24) is 10.2 Å². The summed E-state index contributed by atoms with van der Waals surface area (Å²) in [7, 11) is 0. The van der Waals surface area contributed by atoms with E-state index in [1.54, 1.807) is 31.2 Å². The first kappa shape index (κ1) is 22.1. The number of para-hydroxylation sites is 1. The van der Waals surface area contributed by atoms with Crippen molar-refractivity contribution in [3.63, 3.8) is 0 Å². The van der Waals surface area contributed by atoms with E-state index in [0.29, 0.717) is 17.1 Å². The molecule has 1 fully saturated rings. The maximum absolute atomic E-state index is 12.6. The number of thioether (sulfide) groups is 1. The van der Waals surface area contributed by atoms with Gasteiger partial charge in [-0.15, -0.1) is 11.8 Å². The molecule has 1 saturated heterocycles. The fourth-order valence-corrected chi connectivity index (χ4v) is 4.32. The van der Waals surface area contributed by atoms with Crippen molar-refractivity contribution in [2.45, 2.75) is 22.1 Å². The lowest BCUT2D eigenvalue weighted by atomic mass is 10.0. The molecule has 2 aliphatic heterocycles. The highest BCUT2D eigenvalue weighted by atomic mass is 35.6. The van der Waals surface area contributed by atoms with Crippen molar-refractivity contribution in [3.8, 4) is 5.75 Å². The van der Waals surface area contributed by atoms with Crippen LogP contribution in [-0.4, -0.2) is 56.9 Å². The summed E-state index contributed by atoms with van der Waals surface area (Å²) in [6.07, 6.45) is 0. The van der Waals surface area contributed by atoms with E-state index in [0.717, 1.165) is 0 Å². The Morgan fingerprint density at radius 2 is 1.97 bits per heavy atom. The summed E-state index contributed by atoms with van der Waals surface area (Å²) in [5.41, 5.74) is 0.796. The third-order valence-electron chi connectivity index (χ3n) is 4.15. The number of hydrogen-bond donors (Lipinski definition) is 1. The minimum Gasteiger partial charge on any atom is -0.484 e. The van der Waals surface area contributed by atoms with E-state index in [1.807, 2.05) is 6.07 Å². The summed E-state index contributed by atoms with van der Waals surface area (Å²) in [6.45, 7) is 1.06. The largest absolute Gasteiger partial charge is 0.484 e. The molecular weight excluding hydrogens is 463 g/mol. The number of halogens is 3. The Kier molecular flexibility index (Phi) is 6.88. The second kappa shape index (κ2) is 9.04. The number of fused-ring (bicyclic) bond motifs is 1. The molecule has 11 heteroatoms. The number of esters is 1. The molecule has 1 aromatic rings. The highest BCUT2D eigenvalue weighted by Gasteiger charge is 2.54. The quantitative estimate of drug-likeness (QED) is 0.384. The number of carbonyl (C=O) groups excluding carboxylic acids is 3. The van der Waals surface area contributed by atoms with E-state index in [4.69, 9.17) is 44.3 Å². The van der Waals surface area contributed by atoms with Gasteiger partial charge in [-0.3, -0.25) is 14.5 Å². The maximum atomic E-state index is 12.6. The van der Waals surface area contributed by atoms with Gasteiger partial charge in [-0.25, -0.2) is 4.79 Å². The highest BCUT2D eigenvalue weighted by Crippen LogP contribution is 2.40. The zero-order valence-electron chi connectivity index (χ0n) is 15.2. The molecule has 7 nitrogen and oxygen atoms in total. The van der Waals surface area contributed by atoms with Gasteiger partial charge in [0.25, 0.3) is 11.8 Å². The topological polar surface area (TPSA) is 84.9 Å². The van der Waals surface area contributed by atoms with Crippen molar-refractivity contribution in [2.24, 2.45) is 0 Å². The molecule has 1 aromatic carbocycles. The van der Waals surface area contributed by atoms with Crippen LogP contribution in [0.2, 0.25) is 0 Å². The van der Waals surface area contributed by atoms with E-state index < -0.39 is 39.6 Å². The first-order chi connectivity index (χ1) is 13.7. The molecule has 2 heterocycles. The molecule has 1 N–H and O–H groups in total. The predicted octanol–water partition coefficient (Wildman–Crippen LogP) is 2.65. The van der Waals surface area contributed by atoms with Crippen LogP contribution in [0, 0.1) is 0 Å². The molecule has 0 radical (unpaired) electrons. The summed E-state index contributed by atoms with van der Waals surface area (Å²) in [4.78, 5) is 38.5. The number of β-lactam (4-membered cyclic amide) rings is 1. The summed E-state index contributed by atoms with van der Waals surface area (Å²) in [5, 5.41) is 2.24. The Morgan fingerprint density at radius 1 is 1.28 bits per heavy atom. The van der Waals surface area contributed by atoms with Gasteiger partial charge in [0, 0.05) is 5.75 Å². The van der Waals surface area contributed by atoms with Gasteiger partial charge in [0.2, 0.25) is 3.79 Å². The van der Waals surface area contributed by atoms with Gasteiger partial charge >= 0.3 is 5.97 Å². The van der Waals surface area contributed by atoms with Crippen LogP contribution in [0.25, 0.3) is 0 Å². The molecule has 0 bridgehead atoms. The van der Waals surface area contributed by atoms with Crippen molar-refractivity contribution in [2.75, 3.05) is 19.0 Å². The number of rotatable bonds is 6. The average molecular weight is 480 g/mol. The van der Waals surface area contributed by atoms with Crippen LogP contribution >= 0.6 is 46.6 Å². The van der Waals surface area contributed by atoms with Gasteiger partial charge in [-0.2, -0.15) is 0 Å². The van der Waals surface area contributed by atoms with Crippen LogP contribution in [0.15, 0.2) is 41.6 Å². The van der Waals surface area contributed by atoms with Gasteiger partial charge in [0.15, 0.2) is 6.61 Å². The molecule has 0 unspecified atom stereocenters. The number of carbonyl (C=O) groups is 3. The van der Waals surface area contributed by atoms with E-state index in [1.165, 1.54) is 16.7 Å². The van der Waals surface area contributed by atoms with Crippen LogP contribution < -0.4 is 10.1 Å². The minimum atomic E-state index is -1.75. The molecule has 2 atom stereocenters. The number of ether oxygens (including phenoxy) is 2. The maximum Gasteiger partial charge on any atom is 0.355 e. The van der Waals surface area contributed by atoms with Crippen LogP contribution in [0.3, 0.4) is 0 Å². The molecule has 0 spiro atoms. The van der Waals surface area contributed by atoms with E-state index in [-0.39, 0.29) is 12.3 Å². The van der Waals surface area contributed by atoms with Gasteiger partial charge in [0.05, 0.1) is 0 Å². The van der Waals surface area contributed by atoms with E-state index in [2.05, 4.69) is 5.32 Å². The number of nitrogens with zero attached hydrogens (tertiary/aromatic N) is 1. The van der Waals surface area contributed by atoms with Crippen LogP contribution in [-0.2, 0) is 19.1 Å². The standard InChI is InChI=1S/C18H17Cl3N2O5S/c1-10-8-29-16-13(22-12(24)7-27-11-5-3-2-4-6-11)15(25)23(16)14(10)17(26)28-9-18(19,20)21/h2-6,13,16H,7-9H2,1H3,(H,22,24)/t13-,16+/m1/s1. The van der Waals surface area contributed by atoms with Gasteiger partial charge in [0.1, 0.15) is 29.5 Å². The van der Waals surface area contributed by atoms with Crippen LogP contribution in [0.1, 0.15) is 6.92 Å². The molecule has 3 rings (SSSR count). The lowest BCUT2D eigenvalue weighted by molar-refractivity contribution is -0.153. The molecule has 156 valence electrons. The molecular formula is C18H17Cl3N2O5S. The predicted molar refractivity (Wildman–Crippen MR) is 111 cm³/mol. The van der Waals surface area contributed by atoms with Crippen molar-refractivity contribution < 1.29 is 23.9 Å². The first-order valence-electron chi connectivity index (χ1n) is 8.53. The smallest absolute Gasteiger partial charge is 0.355 e. The Labute approximate surface area is 186 Å². The Hall–Kier alpha value is -1.61. The minimum absolute atomic E-state index is 0.124. The van der Waals surface area contributed by atoms with Crippen LogP contribution in [0.4, 0.5) is 0 Å². The Morgan fingerprint density at radius 3 is 2.62 bits per heavy atom. The molecule has 0 aromatic heterocycles. The van der Waals surface area contributed by atoms with E-state index in [9.17, 15) is 14.4 Å². The Balaban J connectivity index is 1.59. The Bertz CT molecular complexity index is 844. The van der Waals surface area contributed by atoms with Crippen molar-refractivity contribution in [3.05, 3.63) is 41.6 Å². The molecule has 2 aliphatic rings. The average Bonchev–Trinajstić information content (AvgIpc) is 2.68. The SMILES string of the molecule is CC1=C(C(=O)OCC(Cl)(Cl)Cl)N2C(=O)[C@@H](NC(=O)COc3ccccc3)[C@@H]2SC1. The molecule has 0 aliphatic carbocycles. The van der Waals surface area contributed by atoms with Crippen LogP contribution in [0.5, 0.6) is 5.75 Å². The molecule has 0 saturated carbocycles. The fourth-order valence-electron chi connectivity index (χ4n) is 2.86. The summed E-state index contributed by atoms with van der Waals surface area (Å²) < 4.78 is 8.65. The summed E-state index contributed by atoms with van der Waals surface area (Å²) in [6, 6.07) is 8.11. The molecule has 2 amide bonds. The second-order valence-corrected chi connectivity index (χ2v) is 10.00. The van der Waals surface area contributed by atoms with Crippen molar-refractivity contribution in [1.29, 1.82) is 0 Å². The second-order valence-electron chi connectivity index (χ2n) is 6.38. The fraction of sp³-hybridized carbons (Fsp3) is 0.389. The third kappa shape index (κ3) is 5.31. The lowest BCUT2D eigenvalue weighted by Gasteiger charge is -2.49. The number of amides is 2. The highest BCUT2D eigenvalue weighted by molar-refractivity contribution is 8.00. The van der Waals surface area contributed by atoms with Gasteiger partial charge < -0.3 is 14.8 Å². The summed E-state index contributed by atoms with van der Waals surface area (Å²) in [5.74, 6) is -0.535. The zero-order valence-corrected chi connectivity index (χ0v) is 18.3. The lowest BCUT2D eigenvalue weighted by Crippen LogP contribution is -2.70. The molecule has 29 heavy (non-hydrogen) atoms. The summed E-state index contributed by atoms with van der Waals surface area (Å²) >= 11 is 18.3.